The third-order valence-electron chi connectivity index (χ3n) is 3.57. The molecule has 138 valence electrons. The fourth-order valence-electron chi connectivity index (χ4n) is 2.18. The molecule has 0 atom stereocenters. The fraction of sp³-hybridized carbons (Fsp3) is 0.105. The molecule has 0 aliphatic heterocycles. The van der Waals surface area contributed by atoms with E-state index in [2.05, 4.69) is 10.3 Å². The summed E-state index contributed by atoms with van der Waals surface area (Å²) in [6, 6.07) is 11.8. The minimum atomic E-state index is -0.749. The zero-order chi connectivity index (χ0) is 19.2. The van der Waals surface area contributed by atoms with E-state index in [1.54, 1.807) is 30.3 Å². The van der Waals surface area contributed by atoms with Gasteiger partial charge in [0.15, 0.2) is 12.3 Å². The van der Waals surface area contributed by atoms with Gasteiger partial charge in [0, 0.05) is 23.1 Å². The van der Waals surface area contributed by atoms with Crippen molar-refractivity contribution in [3.8, 4) is 10.6 Å². The number of thiazole rings is 1. The second-order valence-corrected chi connectivity index (χ2v) is 6.35. The summed E-state index contributed by atoms with van der Waals surface area (Å²) >= 11 is 1.20. The second-order valence-electron chi connectivity index (χ2n) is 5.49. The van der Waals surface area contributed by atoms with Crippen molar-refractivity contribution in [2.45, 2.75) is 6.54 Å². The van der Waals surface area contributed by atoms with E-state index in [0.717, 1.165) is 0 Å². The molecule has 1 N–H and O–H groups in total. The van der Waals surface area contributed by atoms with E-state index < -0.39 is 24.3 Å². The summed E-state index contributed by atoms with van der Waals surface area (Å²) in [5, 5.41) is 4.51. The number of carbonyl (C=O) groups is 2. The molecule has 1 amide bonds. The Morgan fingerprint density at radius 2 is 1.81 bits per heavy atom. The first-order chi connectivity index (χ1) is 13.0. The zero-order valence-corrected chi connectivity index (χ0v) is 14.8. The van der Waals surface area contributed by atoms with E-state index in [1.807, 2.05) is 0 Å². The van der Waals surface area contributed by atoms with Gasteiger partial charge in [-0.05, 0) is 30.3 Å². The first kappa shape index (κ1) is 18.7. The molecule has 3 aromatic rings. The Morgan fingerprint density at radius 1 is 1.07 bits per heavy atom. The van der Waals surface area contributed by atoms with Crippen LogP contribution in [-0.4, -0.2) is 23.5 Å². The standard InChI is InChI=1S/C19H14F2N2O3S/c20-14-7-5-12(6-8-14)18-23-16(11-27-18)19(25)26-10-17(24)22-9-13-3-1-2-4-15(13)21/h1-8,11H,9-10H2,(H,22,24). The average Bonchev–Trinajstić information content (AvgIpc) is 3.16. The van der Waals surface area contributed by atoms with E-state index in [-0.39, 0.29) is 18.1 Å². The molecule has 0 bridgehead atoms. The second kappa shape index (κ2) is 8.50. The molecule has 0 spiro atoms. The largest absolute Gasteiger partial charge is 0.451 e. The lowest BCUT2D eigenvalue weighted by molar-refractivity contribution is -0.124. The number of carbonyl (C=O) groups excluding carboxylic acids is 2. The summed E-state index contributed by atoms with van der Waals surface area (Å²) in [6.45, 7) is -0.509. The lowest BCUT2D eigenvalue weighted by atomic mass is 10.2. The van der Waals surface area contributed by atoms with Gasteiger partial charge >= 0.3 is 5.97 Å². The topological polar surface area (TPSA) is 68.3 Å². The highest BCUT2D eigenvalue weighted by atomic mass is 32.1. The van der Waals surface area contributed by atoms with Crippen LogP contribution >= 0.6 is 11.3 Å². The molecular weight excluding hydrogens is 374 g/mol. The van der Waals surface area contributed by atoms with Crippen LogP contribution in [0.1, 0.15) is 16.1 Å². The normalized spacial score (nSPS) is 10.4. The molecule has 5 nitrogen and oxygen atoms in total. The number of aromatic nitrogens is 1. The van der Waals surface area contributed by atoms with E-state index in [0.29, 0.717) is 16.1 Å². The van der Waals surface area contributed by atoms with E-state index in [4.69, 9.17) is 4.74 Å². The monoisotopic (exact) mass is 388 g/mol. The predicted octanol–water partition coefficient (Wildman–Crippen LogP) is 3.56. The number of nitrogens with zero attached hydrogens (tertiary/aromatic N) is 1. The molecule has 0 radical (unpaired) electrons. The molecule has 0 unspecified atom stereocenters. The number of esters is 1. The highest BCUT2D eigenvalue weighted by Crippen LogP contribution is 2.24. The van der Waals surface area contributed by atoms with Crippen molar-refractivity contribution in [3.63, 3.8) is 0 Å². The smallest absolute Gasteiger partial charge is 0.358 e. The van der Waals surface area contributed by atoms with Gasteiger partial charge in [0.05, 0.1) is 0 Å². The molecular formula is C19H14F2N2O3S. The first-order valence-corrected chi connectivity index (χ1v) is 8.79. The van der Waals surface area contributed by atoms with Crippen LogP contribution in [0.4, 0.5) is 8.78 Å². The van der Waals surface area contributed by atoms with Crippen molar-refractivity contribution in [3.05, 3.63) is 76.8 Å². The van der Waals surface area contributed by atoms with Crippen molar-refractivity contribution >= 4 is 23.2 Å². The fourth-order valence-corrected chi connectivity index (χ4v) is 2.98. The average molecular weight is 388 g/mol. The maximum absolute atomic E-state index is 13.5. The van der Waals surface area contributed by atoms with Crippen LogP contribution in [0.3, 0.4) is 0 Å². The van der Waals surface area contributed by atoms with Crippen LogP contribution < -0.4 is 5.32 Å². The van der Waals surface area contributed by atoms with Gasteiger partial charge in [0.1, 0.15) is 16.6 Å². The minimum Gasteiger partial charge on any atom is -0.451 e. The SMILES string of the molecule is O=C(COC(=O)c1csc(-c2ccc(F)cc2)n1)NCc1ccccc1F. The first-order valence-electron chi connectivity index (χ1n) is 7.91. The number of halogens is 2. The maximum atomic E-state index is 13.5. The molecule has 0 saturated carbocycles. The summed E-state index contributed by atoms with van der Waals surface area (Å²) in [4.78, 5) is 27.9. The van der Waals surface area contributed by atoms with Crippen molar-refractivity contribution in [2.75, 3.05) is 6.61 Å². The van der Waals surface area contributed by atoms with Gasteiger partial charge < -0.3 is 10.1 Å². The van der Waals surface area contributed by atoms with Crippen molar-refractivity contribution in [1.29, 1.82) is 0 Å². The molecule has 0 saturated heterocycles. The van der Waals surface area contributed by atoms with Gasteiger partial charge in [-0.15, -0.1) is 11.3 Å². The van der Waals surface area contributed by atoms with Crippen LogP contribution in [0.25, 0.3) is 10.6 Å². The number of nitrogens with one attached hydrogen (secondary N) is 1. The minimum absolute atomic E-state index is 0.00548. The molecule has 1 heterocycles. The number of rotatable bonds is 6. The number of benzene rings is 2. The van der Waals surface area contributed by atoms with Crippen LogP contribution in [0.5, 0.6) is 0 Å². The molecule has 1 aromatic heterocycles. The van der Waals surface area contributed by atoms with Gasteiger partial charge in [0.2, 0.25) is 0 Å². The summed E-state index contributed by atoms with van der Waals surface area (Å²) in [5.74, 6) is -2.09. The highest BCUT2D eigenvalue weighted by molar-refractivity contribution is 7.13. The Hall–Kier alpha value is -3.13. The molecule has 0 aliphatic rings. The van der Waals surface area contributed by atoms with Gasteiger partial charge in [-0.25, -0.2) is 18.6 Å². The van der Waals surface area contributed by atoms with Crippen molar-refractivity contribution in [2.24, 2.45) is 0 Å². The Balaban J connectivity index is 1.51. The lowest BCUT2D eigenvalue weighted by Gasteiger charge is -2.06. The Morgan fingerprint density at radius 3 is 2.56 bits per heavy atom. The van der Waals surface area contributed by atoms with Crippen molar-refractivity contribution in [1.82, 2.24) is 10.3 Å². The molecule has 0 aliphatic carbocycles. The Bertz CT molecular complexity index is 958. The molecule has 0 fully saturated rings. The predicted molar refractivity (Wildman–Crippen MR) is 96.0 cm³/mol. The number of amides is 1. The molecule has 3 rings (SSSR count). The quantitative estimate of drug-likeness (QED) is 0.656. The van der Waals surface area contributed by atoms with E-state index in [1.165, 1.54) is 34.9 Å². The van der Waals surface area contributed by atoms with E-state index >= 15 is 0 Å². The highest BCUT2D eigenvalue weighted by Gasteiger charge is 2.15. The lowest BCUT2D eigenvalue weighted by Crippen LogP contribution is -2.28. The number of hydrogen-bond donors (Lipinski definition) is 1. The Labute approximate surface area is 157 Å². The van der Waals surface area contributed by atoms with Gasteiger partial charge in [-0.2, -0.15) is 0 Å². The Kier molecular flexibility index (Phi) is 5.87. The summed E-state index contributed by atoms with van der Waals surface area (Å²) in [6.07, 6.45) is 0. The summed E-state index contributed by atoms with van der Waals surface area (Å²) < 4.78 is 31.3. The van der Waals surface area contributed by atoms with Crippen molar-refractivity contribution < 1.29 is 23.1 Å². The number of hydrogen-bond acceptors (Lipinski definition) is 5. The third-order valence-corrected chi connectivity index (χ3v) is 4.46. The third kappa shape index (κ3) is 4.95. The summed E-state index contributed by atoms with van der Waals surface area (Å²) in [7, 11) is 0. The maximum Gasteiger partial charge on any atom is 0.358 e. The van der Waals surface area contributed by atoms with Crippen LogP contribution in [-0.2, 0) is 16.1 Å². The zero-order valence-electron chi connectivity index (χ0n) is 13.9. The van der Waals surface area contributed by atoms with Crippen LogP contribution in [0, 0.1) is 11.6 Å². The summed E-state index contributed by atoms with van der Waals surface area (Å²) in [5.41, 5.74) is 1.06. The van der Waals surface area contributed by atoms with Gasteiger partial charge in [-0.3, -0.25) is 4.79 Å². The van der Waals surface area contributed by atoms with Gasteiger partial charge in [-0.1, -0.05) is 18.2 Å². The molecule has 8 heteroatoms. The van der Waals surface area contributed by atoms with Crippen LogP contribution in [0.15, 0.2) is 53.9 Å². The van der Waals surface area contributed by atoms with Crippen LogP contribution in [0.2, 0.25) is 0 Å². The van der Waals surface area contributed by atoms with E-state index in [9.17, 15) is 18.4 Å². The molecule has 2 aromatic carbocycles. The van der Waals surface area contributed by atoms with Gasteiger partial charge in [0.25, 0.3) is 5.91 Å². The molecule has 27 heavy (non-hydrogen) atoms. The number of ether oxygens (including phenoxy) is 1.